The molecule has 1 N–H and O–H groups in total. The summed E-state index contributed by atoms with van der Waals surface area (Å²) in [7, 11) is 0. The fourth-order valence-electron chi connectivity index (χ4n) is 2.92. The maximum Gasteiger partial charge on any atom is 0.0328 e. The molecule has 2 aliphatic rings. The molecule has 1 atom stereocenters. The normalized spacial score (nSPS) is 26.1. The van der Waals surface area contributed by atoms with Crippen LogP contribution in [-0.4, -0.2) is 55.1 Å². The van der Waals surface area contributed by atoms with E-state index in [0.29, 0.717) is 0 Å². The molecule has 1 aromatic rings. The molecule has 18 heavy (non-hydrogen) atoms. The maximum absolute atomic E-state index is 3.43. The van der Waals surface area contributed by atoms with E-state index in [9.17, 15) is 0 Å². The van der Waals surface area contributed by atoms with Gasteiger partial charge in [-0.25, -0.2) is 0 Å². The van der Waals surface area contributed by atoms with Crippen molar-refractivity contribution in [3.63, 3.8) is 0 Å². The summed E-state index contributed by atoms with van der Waals surface area (Å²) in [5, 5.41) is 5.61. The third-order valence-electron chi connectivity index (χ3n) is 3.88. The van der Waals surface area contributed by atoms with E-state index in [1.165, 1.54) is 50.6 Å². The van der Waals surface area contributed by atoms with Gasteiger partial charge in [0.25, 0.3) is 0 Å². The van der Waals surface area contributed by atoms with Crippen LogP contribution < -0.4 is 5.32 Å². The number of likely N-dealkylation sites (tertiary alicyclic amines) is 1. The lowest BCUT2D eigenvalue weighted by atomic mass is 10.2. The van der Waals surface area contributed by atoms with Crippen molar-refractivity contribution in [2.24, 2.45) is 0 Å². The molecule has 0 spiro atoms. The number of halogens is 1. The van der Waals surface area contributed by atoms with Crippen LogP contribution in [0.25, 0.3) is 0 Å². The molecule has 2 fully saturated rings. The predicted octanol–water partition coefficient (Wildman–Crippen LogP) is 1.65. The molecule has 102 valence electrons. The molecule has 1 unspecified atom stereocenters. The van der Waals surface area contributed by atoms with Crippen molar-refractivity contribution < 1.29 is 0 Å². The van der Waals surface area contributed by atoms with Crippen molar-refractivity contribution in [2.75, 3.05) is 39.3 Å². The Balaban J connectivity index is 0.00000120. The molecule has 0 radical (unpaired) electrons. The van der Waals surface area contributed by atoms with E-state index in [1.54, 1.807) is 0 Å². The van der Waals surface area contributed by atoms with Crippen molar-refractivity contribution >= 4 is 23.7 Å². The van der Waals surface area contributed by atoms with Crippen molar-refractivity contribution in [3.05, 3.63) is 22.4 Å². The van der Waals surface area contributed by atoms with Gasteiger partial charge in [-0.15, -0.1) is 23.7 Å². The minimum atomic E-state index is 0. The minimum Gasteiger partial charge on any atom is -0.314 e. The van der Waals surface area contributed by atoms with E-state index in [1.807, 2.05) is 11.3 Å². The smallest absolute Gasteiger partial charge is 0.0328 e. The highest BCUT2D eigenvalue weighted by atomic mass is 35.5. The molecule has 3 nitrogen and oxygen atoms in total. The summed E-state index contributed by atoms with van der Waals surface area (Å²) >= 11 is 1.88. The highest BCUT2D eigenvalue weighted by molar-refractivity contribution is 7.09. The van der Waals surface area contributed by atoms with Gasteiger partial charge in [-0.3, -0.25) is 9.80 Å². The molecule has 3 heterocycles. The molecule has 2 aliphatic heterocycles. The zero-order chi connectivity index (χ0) is 11.5. The van der Waals surface area contributed by atoms with Gasteiger partial charge >= 0.3 is 0 Å². The molecule has 0 amide bonds. The number of nitrogens with one attached hydrogen (secondary N) is 1. The molecule has 0 aromatic carbocycles. The van der Waals surface area contributed by atoms with Crippen LogP contribution in [0.4, 0.5) is 0 Å². The van der Waals surface area contributed by atoms with Crippen LogP contribution in [0.3, 0.4) is 0 Å². The second kappa shape index (κ2) is 6.87. The maximum atomic E-state index is 3.43. The third kappa shape index (κ3) is 3.45. The van der Waals surface area contributed by atoms with Gasteiger partial charge in [-0.1, -0.05) is 6.07 Å². The van der Waals surface area contributed by atoms with Gasteiger partial charge in [0.05, 0.1) is 0 Å². The largest absolute Gasteiger partial charge is 0.314 e. The quantitative estimate of drug-likeness (QED) is 0.912. The van der Waals surface area contributed by atoms with Gasteiger partial charge in [-0.05, 0) is 17.9 Å². The Labute approximate surface area is 120 Å². The summed E-state index contributed by atoms with van der Waals surface area (Å²) in [4.78, 5) is 6.79. The Kier molecular flexibility index (Phi) is 5.45. The first-order valence-corrected chi connectivity index (χ1v) is 7.49. The topological polar surface area (TPSA) is 18.5 Å². The molecule has 0 bridgehead atoms. The lowest BCUT2D eigenvalue weighted by molar-refractivity contribution is 0.170. The Morgan fingerprint density at radius 3 is 2.83 bits per heavy atom. The van der Waals surface area contributed by atoms with E-state index in [4.69, 9.17) is 0 Å². The van der Waals surface area contributed by atoms with E-state index in [2.05, 4.69) is 32.6 Å². The summed E-state index contributed by atoms with van der Waals surface area (Å²) in [6.07, 6.45) is 1.35. The Hall–Kier alpha value is -0.130. The number of thiophene rings is 1. The van der Waals surface area contributed by atoms with E-state index >= 15 is 0 Å². The van der Waals surface area contributed by atoms with Crippen LogP contribution in [0, 0.1) is 0 Å². The van der Waals surface area contributed by atoms with Gasteiger partial charge < -0.3 is 5.32 Å². The average Bonchev–Trinajstić information content (AvgIpc) is 3.02. The first kappa shape index (κ1) is 14.3. The molecule has 2 saturated heterocycles. The lowest BCUT2D eigenvalue weighted by Gasteiger charge is -2.32. The van der Waals surface area contributed by atoms with Crippen LogP contribution in [0.2, 0.25) is 0 Å². The van der Waals surface area contributed by atoms with Crippen molar-refractivity contribution in [1.82, 2.24) is 15.1 Å². The summed E-state index contributed by atoms with van der Waals surface area (Å²) in [6, 6.07) is 5.21. The SMILES string of the molecule is Cl.c1csc(CN2CCC(N3CCNCC3)C2)c1. The van der Waals surface area contributed by atoms with Crippen molar-refractivity contribution in [3.8, 4) is 0 Å². The van der Waals surface area contributed by atoms with Crippen LogP contribution in [0.15, 0.2) is 17.5 Å². The molecule has 5 heteroatoms. The van der Waals surface area contributed by atoms with Gasteiger partial charge in [0, 0.05) is 56.7 Å². The molecule has 3 rings (SSSR count). The Morgan fingerprint density at radius 2 is 2.11 bits per heavy atom. The fraction of sp³-hybridized carbons (Fsp3) is 0.692. The number of piperazine rings is 1. The molecule has 1 aromatic heterocycles. The zero-order valence-corrected chi connectivity index (χ0v) is 12.3. The third-order valence-corrected chi connectivity index (χ3v) is 4.74. The predicted molar refractivity (Wildman–Crippen MR) is 79.7 cm³/mol. The second-order valence-corrected chi connectivity index (χ2v) is 6.08. The zero-order valence-electron chi connectivity index (χ0n) is 10.7. The summed E-state index contributed by atoms with van der Waals surface area (Å²) < 4.78 is 0. The Bertz CT molecular complexity index is 338. The molecular weight excluding hydrogens is 266 g/mol. The second-order valence-electron chi connectivity index (χ2n) is 5.04. The van der Waals surface area contributed by atoms with E-state index < -0.39 is 0 Å². The Morgan fingerprint density at radius 1 is 1.28 bits per heavy atom. The van der Waals surface area contributed by atoms with Crippen LogP contribution in [0.5, 0.6) is 0 Å². The highest BCUT2D eigenvalue weighted by Crippen LogP contribution is 2.20. The average molecular weight is 288 g/mol. The summed E-state index contributed by atoms with van der Waals surface area (Å²) in [5.74, 6) is 0. The molecule has 0 saturated carbocycles. The molecule has 0 aliphatic carbocycles. The number of rotatable bonds is 3. The first-order valence-electron chi connectivity index (χ1n) is 6.61. The van der Waals surface area contributed by atoms with Crippen LogP contribution >= 0.6 is 23.7 Å². The van der Waals surface area contributed by atoms with Crippen molar-refractivity contribution in [1.29, 1.82) is 0 Å². The monoisotopic (exact) mass is 287 g/mol. The van der Waals surface area contributed by atoms with Crippen LogP contribution in [-0.2, 0) is 6.54 Å². The lowest BCUT2D eigenvalue weighted by Crippen LogP contribution is -2.49. The van der Waals surface area contributed by atoms with E-state index in [0.717, 1.165) is 12.6 Å². The van der Waals surface area contributed by atoms with Gasteiger partial charge in [-0.2, -0.15) is 0 Å². The number of hydrogen-bond acceptors (Lipinski definition) is 4. The van der Waals surface area contributed by atoms with Gasteiger partial charge in [0.1, 0.15) is 0 Å². The number of hydrogen-bond donors (Lipinski definition) is 1. The first-order chi connectivity index (χ1) is 8.42. The fourth-order valence-corrected chi connectivity index (χ4v) is 3.67. The van der Waals surface area contributed by atoms with E-state index in [-0.39, 0.29) is 12.4 Å². The summed E-state index contributed by atoms with van der Waals surface area (Å²) in [5.41, 5.74) is 0. The highest BCUT2D eigenvalue weighted by Gasteiger charge is 2.28. The van der Waals surface area contributed by atoms with Crippen LogP contribution in [0.1, 0.15) is 11.3 Å². The van der Waals surface area contributed by atoms with Gasteiger partial charge in [0.15, 0.2) is 0 Å². The minimum absolute atomic E-state index is 0. The van der Waals surface area contributed by atoms with Crippen molar-refractivity contribution in [2.45, 2.75) is 19.0 Å². The molecular formula is C13H22ClN3S. The standard InChI is InChI=1S/C13H21N3S.ClH/c1-2-13(17-9-1)11-15-6-3-12(10-15)16-7-4-14-5-8-16;/h1-2,9,12,14H,3-8,10-11H2;1H. The summed E-state index contributed by atoms with van der Waals surface area (Å²) in [6.45, 7) is 8.49. The van der Waals surface area contributed by atoms with Gasteiger partial charge in [0.2, 0.25) is 0 Å². The number of nitrogens with zero attached hydrogens (tertiary/aromatic N) is 2.